The molecule has 0 radical (unpaired) electrons. The average molecular weight is 444 g/mol. The number of rotatable bonds is 15. The van der Waals surface area contributed by atoms with Crippen LogP contribution in [0.1, 0.15) is 12.5 Å². The molecule has 10 heteroatoms. The summed E-state index contributed by atoms with van der Waals surface area (Å²) in [5.74, 6) is -0.434. The Hall–Kier alpha value is -1.85. The molecule has 0 spiro atoms. The zero-order valence-electron chi connectivity index (χ0n) is 17.3. The van der Waals surface area contributed by atoms with Gasteiger partial charge in [0.05, 0.1) is 51.8 Å². The van der Waals surface area contributed by atoms with Crippen LogP contribution < -0.4 is 4.74 Å². The van der Waals surface area contributed by atoms with Gasteiger partial charge in [0, 0.05) is 12.9 Å². The van der Waals surface area contributed by atoms with Gasteiger partial charge >= 0.3 is 5.97 Å². The summed E-state index contributed by atoms with van der Waals surface area (Å²) in [6.45, 7) is 5.14. The molecule has 168 valence electrons. The monoisotopic (exact) mass is 443 g/mol. The lowest BCUT2D eigenvalue weighted by atomic mass is 10.1. The van der Waals surface area contributed by atoms with E-state index in [1.54, 1.807) is 32.2 Å². The highest BCUT2D eigenvalue weighted by molar-refractivity contribution is 8.14. The molecular formula is C20H29NO8S. The third kappa shape index (κ3) is 7.44. The van der Waals surface area contributed by atoms with Gasteiger partial charge in [0.15, 0.2) is 17.0 Å². The van der Waals surface area contributed by atoms with Gasteiger partial charge in [0.25, 0.3) is 0 Å². The molecule has 0 aliphatic carbocycles. The second kappa shape index (κ2) is 12.8. The molecule has 0 amide bonds. The van der Waals surface area contributed by atoms with Gasteiger partial charge in [-0.05, 0) is 19.1 Å². The molecule has 0 fully saturated rings. The Bertz CT molecular complexity index is 714. The summed E-state index contributed by atoms with van der Waals surface area (Å²) in [5, 5.41) is 20.3. The summed E-state index contributed by atoms with van der Waals surface area (Å²) in [6.07, 6.45) is 0. The van der Waals surface area contributed by atoms with Gasteiger partial charge in [0.1, 0.15) is 11.7 Å². The molecule has 30 heavy (non-hydrogen) atoms. The number of hydrogen-bond acceptors (Lipinski definition) is 9. The van der Waals surface area contributed by atoms with Crippen LogP contribution in [0, 0.1) is 0 Å². The predicted octanol–water partition coefficient (Wildman–Crippen LogP) is 1.80. The fourth-order valence-corrected chi connectivity index (χ4v) is 3.64. The highest BCUT2D eigenvalue weighted by Gasteiger charge is 2.39. The minimum atomic E-state index is -1.19. The first kappa shape index (κ1) is 24.4. The van der Waals surface area contributed by atoms with Crippen LogP contribution in [0.5, 0.6) is 11.5 Å². The van der Waals surface area contributed by atoms with Gasteiger partial charge in [-0.15, -0.1) is 11.8 Å². The van der Waals surface area contributed by atoms with E-state index in [1.165, 1.54) is 11.8 Å². The van der Waals surface area contributed by atoms with Crippen LogP contribution in [0.3, 0.4) is 0 Å². The van der Waals surface area contributed by atoms with Crippen LogP contribution in [0.2, 0.25) is 0 Å². The molecule has 0 aromatic heterocycles. The van der Waals surface area contributed by atoms with Crippen molar-refractivity contribution in [3.05, 3.63) is 23.8 Å². The second-order valence-electron chi connectivity index (χ2n) is 6.62. The molecule has 1 aliphatic rings. The topological polar surface area (TPSA) is 116 Å². The number of carboxylic acids is 1. The number of carbonyl (C=O) groups is 1. The van der Waals surface area contributed by atoms with E-state index in [-0.39, 0.29) is 12.4 Å². The minimum absolute atomic E-state index is 0.0600. The number of ether oxygens (including phenoxy) is 5. The molecule has 2 rings (SSSR count). The molecular weight excluding hydrogens is 414 g/mol. The van der Waals surface area contributed by atoms with Gasteiger partial charge in [-0.1, -0.05) is 6.07 Å². The number of hydrogen-bond donors (Lipinski definition) is 2. The van der Waals surface area contributed by atoms with E-state index in [0.29, 0.717) is 68.4 Å². The summed E-state index contributed by atoms with van der Waals surface area (Å²) in [5.41, 5.74) is -0.723. The number of phenols is 1. The van der Waals surface area contributed by atoms with Crippen molar-refractivity contribution in [3.63, 3.8) is 0 Å². The molecule has 0 saturated carbocycles. The molecule has 1 aliphatic heterocycles. The van der Waals surface area contributed by atoms with E-state index in [1.807, 2.05) is 0 Å². The smallest absolute Gasteiger partial charge is 0.332 e. The third-order valence-electron chi connectivity index (χ3n) is 4.19. The number of carboxylic acid groups (broad SMARTS) is 1. The number of aliphatic carboxylic acids is 1. The van der Waals surface area contributed by atoms with Crippen molar-refractivity contribution in [2.24, 2.45) is 4.99 Å². The van der Waals surface area contributed by atoms with Gasteiger partial charge < -0.3 is 33.9 Å². The fraction of sp³-hybridized carbons (Fsp3) is 0.600. The maximum absolute atomic E-state index is 11.4. The molecule has 1 aromatic carbocycles. The zero-order valence-corrected chi connectivity index (χ0v) is 18.1. The quantitative estimate of drug-likeness (QED) is 0.391. The number of nitrogens with zero attached hydrogens (tertiary/aromatic N) is 1. The first-order chi connectivity index (χ1) is 14.5. The lowest BCUT2D eigenvalue weighted by Crippen LogP contribution is -2.33. The number of para-hydroxylation sites is 1. The van der Waals surface area contributed by atoms with Gasteiger partial charge in [-0.3, -0.25) is 4.99 Å². The van der Waals surface area contributed by atoms with Crippen molar-refractivity contribution in [1.29, 1.82) is 0 Å². The van der Waals surface area contributed by atoms with Crippen LogP contribution in [0.15, 0.2) is 23.2 Å². The van der Waals surface area contributed by atoms with E-state index in [2.05, 4.69) is 4.99 Å². The number of phenolic OH excluding ortho intramolecular Hbond substituents is 1. The fourth-order valence-electron chi connectivity index (χ4n) is 2.45. The summed E-state index contributed by atoms with van der Waals surface area (Å²) >= 11 is 1.30. The molecule has 0 saturated heterocycles. The minimum Gasteiger partial charge on any atom is -0.504 e. The first-order valence-corrected chi connectivity index (χ1v) is 10.6. The van der Waals surface area contributed by atoms with Crippen molar-refractivity contribution in [3.8, 4) is 11.5 Å². The van der Waals surface area contributed by atoms with Crippen LogP contribution in [-0.2, 0) is 23.7 Å². The third-order valence-corrected chi connectivity index (χ3v) is 5.48. The number of benzene rings is 1. The number of thioether (sulfide) groups is 1. The Morgan fingerprint density at radius 2 is 1.67 bits per heavy atom. The standard InChI is InChI=1S/C20H29NO8S/c1-20(19(23)24)14-30-18(21-20)15-4-3-5-16(17(15)22)29-13-12-28-11-10-27-9-8-26-7-6-25-2/h3-5,22H,6-14H2,1-2H3,(H,23,24). The maximum Gasteiger partial charge on any atom is 0.332 e. The van der Waals surface area contributed by atoms with E-state index in [4.69, 9.17) is 23.7 Å². The average Bonchev–Trinajstić information content (AvgIpc) is 3.13. The van der Waals surface area contributed by atoms with Crippen molar-refractivity contribution in [2.45, 2.75) is 12.5 Å². The molecule has 1 heterocycles. The highest BCUT2D eigenvalue weighted by atomic mass is 32.2. The second-order valence-corrected chi connectivity index (χ2v) is 7.58. The van der Waals surface area contributed by atoms with Crippen LogP contribution in [0.4, 0.5) is 0 Å². The van der Waals surface area contributed by atoms with Crippen LogP contribution in [-0.4, -0.2) is 92.5 Å². The van der Waals surface area contributed by atoms with E-state index in [0.717, 1.165) is 0 Å². The number of aliphatic imine (C=N–C) groups is 1. The van der Waals surface area contributed by atoms with Crippen molar-refractivity contribution < 1.29 is 38.7 Å². The van der Waals surface area contributed by atoms with Crippen molar-refractivity contribution in [2.75, 3.05) is 65.7 Å². The Balaban J connectivity index is 1.67. The lowest BCUT2D eigenvalue weighted by Gasteiger charge is -2.12. The number of aromatic hydroxyl groups is 1. The van der Waals surface area contributed by atoms with Gasteiger partial charge in [-0.25, -0.2) is 4.79 Å². The van der Waals surface area contributed by atoms with Crippen molar-refractivity contribution in [1.82, 2.24) is 0 Å². The molecule has 0 bridgehead atoms. The maximum atomic E-state index is 11.4. The Kier molecular flexibility index (Phi) is 10.4. The largest absolute Gasteiger partial charge is 0.504 e. The van der Waals surface area contributed by atoms with Crippen LogP contribution >= 0.6 is 11.8 Å². The summed E-state index contributed by atoms with van der Waals surface area (Å²) < 4.78 is 26.6. The normalized spacial score (nSPS) is 18.4. The summed E-state index contributed by atoms with van der Waals surface area (Å²) in [4.78, 5) is 15.6. The van der Waals surface area contributed by atoms with Gasteiger partial charge in [-0.2, -0.15) is 0 Å². The van der Waals surface area contributed by atoms with Gasteiger partial charge in [0.2, 0.25) is 0 Å². The highest BCUT2D eigenvalue weighted by Crippen LogP contribution is 2.37. The lowest BCUT2D eigenvalue weighted by molar-refractivity contribution is -0.141. The van der Waals surface area contributed by atoms with E-state index in [9.17, 15) is 15.0 Å². The first-order valence-electron chi connectivity index (χ1n) is 9.61. The Morgan fingerprint density at radius 3 is 2.23 bits per heavy atom. The molecule has 1 unspecified atom stereocenters. The summed E-state index contributed by atoms with van der Waals surface area (Å²) in [6, 6.07) is 5.06. The predicted molar refractivity (Wildman–Crippen MR) is 113 cm³/mol. The molecule has 2 N–H and O–H groups in total. The molecule has 9 nitrogen and oxygen atoms in total. The molecule has 1 aromatic rings. The van der Waals surface area contributed by atoms with Crippen LogP contribution in [0.25, 0.3) is 0 Å². The van der Waals surface area contributed by atoms with Crippen molar-refractivity contribution >= 4 is 22.8 Å². The molecule has 1 atom stereocenters. The SMILES string of the molecule is COCCOCCOCCOCCOc1cccc(C2=NC(C)(C(=O)O)CS2)c1O. The Labute approximate surface area is 180 Å². The van der Waals surface area contributed by atoms with E-state index < -0.39 is 11.5 Å². The van der Waals surface area contributed by atoms with E-state index >= 15 is 0 Å². The number of methoxy groups -OCH3 is 1. The zero-order chi connectivity index (χ0) is 21.8. The Morgan fingerprint density at radius 1 is 1.07 bits per heavy atom. The summed E-state index contributed by atoms with van der Waals surface area (Å²) in [7, 11) is 1.62.